The molecule has 1 aliphatic carbocycles. The first-order chi connectivity index (χ1) is 7.94. The lowest BCUT2D eigenvalue weighted by atomic mass is 9.76. The Hall–Kier alpha value is -0.830. The number of hydrogen-bond acceptors (Lipinski definition) is 3. The van der Waals surface area contributed by atoms with E-state index in [2.05, 4.69) is 26.8 Å². The normalized spacial score (nSPS) is 34.4. The summed E-state index contributed by atoms with van der Waals surface area (Å²) in [4.78, 5) is 11.5. The molecule has 1 saturated heterocycles. The minimum Gasteiger partial charge on any atom is -0.466 e. The average molecular weight is 238 g/mol. The maximum Gasteiger partial charge on any atom is 0.306 e. The Bertz CT molecular complexity index is 343. The summed E-state index contributed by atoms with van der Waals surface area (Å²) in [5.41, 5.74) is 1.27. The number of fused-ring (bicyclic) bond motifs is 2. The smallest absolute Gasteiger partial charge is 0.306 e. The van der Waals surface area contributed by atoms with Crippen molar-refractivity contribution in [1.29, 1.82) is 0 Å². The van der Waals surface area contributed by atoms with Crippen LogP contribution in [0.5, 0.6) is 0 Å². The summed E-state index contributed by atoms with van der Waals surface area (Å²) < 4.78 is 11.1. The van der Waals surface area contributed by atoms with E-state index in [1.165, 1.54) is 5.57 Å². The second kappa shape index (κ2) is 4.45. The molecule has 2 bridgehead atoms. The van der Waals surface area contributed by atoms with E-state index in [1.807, 2.05) is 6.92 Å². The van der Waals surface area contributed by atoms with Gasteiger partial charge >= 0.3 is 5.97 Å². The lowest BCUT2D eigenvalue weighted by Crippen LogP contribution is -2.27. The van der Waals surface area contributed by atoms with Gasteiger partial charge in [-0.1, -0.05) is 11.6 Å². The highest BCUT2D eigenvalue weighted by molar-refractivity contribution is 5.70. The highest BCUT2D eigenvalue weighted by Gasteiger charge is 2.47. The molecule has 0 N–H and O–H groups in total. The molecule has 3 atom stereocenters. The molecule has 17 heavy (non-hydrogen) atoms. The summed E-state index contributed by atoms with van der Waals surface area (Å²) in [6, 6.07) is 0. The lowest BCUT2D eigenvalue weighted by Gasteiger charge is -2.26. The Balaban J connectivity index is 2.07. The van der Waals surface area contributed by atoms with Crippen LogP contribution in [0.1, 0.15) is 40.5 Å². The molecule has 0 spiro atoms. The van der Waals surface area contributed by atoms with Crippen LogP contribution in [0.4, 0.5) is 0 Å². The Morgan fingerprint density at radius 1 is 1.59 bits per heavy atom. The van der Waals surface area contributed by atoms with Gasteiger partial charge in [-0.15, -0.1) is 0 Å². The molecule has 0 radical (unpaired) electrons. The van der Waals surface area contributed by atoms with Gasteiger partial charge in [0, 0.05) is 11.8 Å². The van der Waals surface area contributed by atoms with Crippen LogP contribution in [0.3, 0.4) is 0 Å². The van der Waals surface area contributed by atoms with Crippen molar-refractivity contribution in [1.82, 2.24) is 0 Å². The fourth-order valence-electron chi connectivity index (χ4n) is 3.20. The number of hydrogen-bond donors (Lipinski definition) is 0. The van der Waals surface area contributed by atoms with Gasteiger partial charge in [0.2, 0.25) is 0 Å². The van der Waals surface area contributed by atoms with Crippen LogP contribution >= 0.6 is 0 Å². The van der Waals surface area contributed by atoms with E-state index in [1.54, 1.807) is 0 Å². The van der Waals surface area contributed by atoms with Crippen molar-refractivity contribution < 1.29 is 14.3 Å². The van der Waals surface area contributed by atoms with E-state index in [9.17, 15) is 4.79 Å². The first-order valence-electron chi connectivity index (χ1n) is 6.45. The number of rotatable bonds is 3. The Labute approximate surface area is 103 Å². The first kappa shape index (κ1) is 12.6. The van der Waals surface area contributed by atoms with Gasteiger partial charge in [0.05, 0.1) is 24.7 Å². The standard InChI is InChI=1S/C14H22O3/c1-5-16-13(15)7-10-6-9(2)11-8-12(10)17-14(11,3)4/h6,10-12H,5,7-8H2,1-4H3/t10-,11-,12-/m0/s1. The Morgan fingerprint density at radius 3 is 2.94 bits per heavy atom. The van der Waals surface area contributed by atoms with E-state index in [-0.39, 0.29) is 23.6 Å². The van der Waals surface area contributed by atoms with Crippen molar-refractivity contribution in [3.05, 3.63) is 11.6 Å². The van der Waals surface area contributed by atoms with Gasteiger partial charge < -0.3 is 9.47 Å². The average Bonchev–Trinajstić information content (AvgIpc) is 2.49. The zero-order valence-electron chi connectivity index (χ0n) is 11.2. The molecule has 3 nitrogen and oxygen atoms in total. The number of esters is 1. The molecule has 2 rings (SSSR count). The van der Waals surface area contributed by atoms with Crippen molar-refractivity contribution >= 4 is 5.97 Å². The van der Waals surface area contributed by atoms with Crippen molar-refractivity contribution in [2.45, 2.75) is 52.2 Å². The second-order valence-electron chi connectivity index (χ2n) is 5.63. The Morgan fingerprint density at radius 2 is 2.29 bits per heavy atom. The summed E-state index contributed by atoms with van der Waals surface area (Å²) in [7, 11) is 0. The third-order valence-electron chi connectivity index (χ3n) is 3.97. The molecule has 0 aromatic rings. The van der Waals surface area contributed by atoms with Gasteiger partial charge in [0.25, 0.3) is 0 Å². The maximum atomic E-state index is 11.5. The molecule has 0 saturated carbocycles. The Kier molecular flexibility index (Phi) is 3.30. The van der Waals surface area contributed by atoms with Crippen molar-refractivity contribution in [3.8, 4) is 0 Å². The van der Waals surface area contributed by atoms with Crippen LogP contribution in [0.25, 0.3) is 0 Å². The van der Waals surface area contributed by atoms with Gasteiger partial charge in [-0.2, -0.15) is 0 Å². The van der Waals surface area contributed by atoms with Gasteiger partial charge in [-0.3, -0.25) is 4.79 Å². The molecule has 1 heterocycles. The van der Waals surface area contributed by atoms with Crippen LogP contribution < -0.4 is 0 Å². The molecule has 0 aromatic heterocycles. The van der Waals surface area contributed by atoms with E-state index >= 15 is 0 Å². The molecule has 0 amide bonds. The largest absolute Gasteiger partial charge is 0.466 e. The first-order valence-corrected chi connectivity index (χ1v) is 6.45. The summed E-state index contributed by atoms with van der Waals surface area (Å²) in [6.07, 6.45) is 3.88. The SMILES string of the molecule is CCOC(=O)C[C@@H]1C=C(C)[C@@H]2C[C@@H]1OC2(C)C. The number of ether oxygens (including phenoxy) is 2. The van der Waals surface area contributed by atoms with Gasteiger partial charge in [-0.05, 0) is 34.1 Å². The number of carbonyl (C=O) groups is 1. The minimum atomic E-state index is -0.117. The van der Waals surface area contributed by atoms with Crippen LogP contribution in [-0.4, -0.2) is 24.3 Å². The molecular formula is C14H22O3. The molecule has 1 aliphatic heterocycles. The molecule has 2 aliphatic rings. The maximum absolute atomic E-state index is 11.5. The molecule has 0 unspecified atom stereocenters. The minimum absolute atomic E-state index is 0.0886. The lowest BCUT2D eigenvalue weighted by molar-refractivity contribution is -0.145. The highest BCUT2D eigenvalue weighted by atomic mass is 16.5. The monoisotopic (exact) mass is 238 g/mol. The zero-order valence-corrected chi connectivity index (χ0v) is 11.2. The van der Waals surface area contributed by atoms with E-state index < -0.39 is 0 Å². The predicted molar refractivity (Wildman–Crippen MR) is 65.6 cm³/mol. The zero-order chi connectivity index (χ0) is 12.6. The molecule has 1 fully saturated rings. The fraction of sp³-hybridized carbons (Fsp3) is 0.786. The van der Waals surface area contributed by atoms with Crippen molar-refractivity contribution in [2.75, 3.05) is 6.61 Å². The summed E-state index contributed by atoms with van der Waals surface area (Å²) in [5, 5.41) is 0. The second-order valence-corrected chi connectivity index (χ2v) is 5.63. The fourth-order valence-corrected chi connectivity index (χ4v) is 3.20. The summed E-state index contributed by atoms with van der Waals surface area (Å²) in [6.45, 7) is 8.72. The third kappa shape index (κ3) is 2.39. The molecule has 0 aromatic carbocycles. The highest BCUT2D eigenvalue weighted by Crippen LogP contribution is 2.47. The van der Waals surface area contributed by atoms with Crippen molar-refractivity contribution in [2.24, 2.45) is 11.8 Å². The molecule has 96 valence electrons. The van der Waals surface area contributed by atoms with Gasteiger partial charge in [0.15, 0.2) is 0 Å². The van der Waals surface area contributed by atoms with Crippen LogP contribution in [0, 0.1) is 11.8 Å². The number of carbonyl (C=O) groups excluding carboxylic acids is 1. The third-order valence-corrected chi connectivity index (χ3v) is 3.97. The van der Waals surface area contributed by atoms with Gasteiger partial charge in [0.1, 0.15) is 0 Å². The van der Waals surface area contributed by atoms with Crippen LogP contribution in [0.2, 0.25) is 0 Å². The summed E-state index contributed by atoms with van der Waals surface area (Å²) >= 11 is 0. The van der Waals surface area contributed by atoms with E-state index in [0.29, 0.717) is 18.9 Å². The predicted octanol–water partition coefficient (Wildman–Crippen LogP) is 2.70. The summed E-state index contributed by atoms with van der Waals surface area (Å²) in [5.74, 6) is 0.575. The quantitative estimate of drug-likeness (QED) is 0.560. The molecular weight excluding hydrogens is 216 g/mol. The van der Waals surface area contributed by atoms with E-state index in [4.69, 9.17) is 9.47 Å². The molecule has 3 heteroatoms. The van der Waals surface area contributed by atoms with Crippen molar-refractivity contribution in [3.63, 3.8) is 0 Å². The van der Waals surface area contributed by atoms with Gasteiger partial charge in [-0.25, -0.2) is 0 Å². The van der Waals surface area contributed by atoms with E-state index in [0.717, 1.165) is 6.42 Å². The topological polar surface area (TPSA) is 35.5 Å². The van der Waals surface area contributed by atoms with Crippen LogP contribution in [-0.2, 0) is 14.3 Å². The van der Waals surface area contributed by atoms with Crippen LogP contribution in [0.15, 0.2) is 11.6 Å².